The number of aliphatic hydroxyl groups is 1. The Morgan fingerprint density at radius 1 is 1.10 bits per heavy atom. The molecule has 0 amide bonds. The summed E-state index contributed by atoms with van der Waals surface area (Å²) >= 11 is 0. The lowest BCUT2D eigenvalue weighted by molar-refractivity contribution is -0.0932. The summed E-state index contributed by atoms with van der Waals surface area (Å²) in [6.07, 6.45) is 0. The molecule has 0 aliphatic carbocycles. The number of fused-ring (bicyclic) bond motifs is 1. The number of hydrogen-bond donors (Lipinski definition) is 1. The summed E-state index contributed by atoms with van der Waals surface area (Å²) in [4.78, 5) is 0.311. The van der Waals surface area contributed by atoms with Crippen LogP contribution in [-0.4, -0.2) is 36.5 Å². The smallest absolute Gasteiger partial charge is 0.243 e. The van der Waals surface area contributed by atoms with Crippen LogP contribution in [0.2, 0.25) is 0 Å². The van der Waals surface area contributed by atoms with Crippen molar-refractivity contribution in [3.05, 3.63) is 42.5 Å². The van der Waals surface area contributed by atoms with E-state index in [1.165, 1.54) is 4.31 Å². The summed E-state index contributed by atoms with van der Waals surface area (Å²) in [6, 6.07) is 12.7. The Hall–Kier alpha value is -1.43. The van der Waals surface area contributed by atoms with Gasteiger partial charge in [0.25, 0.3) is 0 Å². The number of benzene rings is 2. The van der Waals surface area contributed by atoms with Crippen LogP contribution in [0.5, 0.6) is 0 Å². The summed E-state index contributed by atoms with van der Waals surface area (Å²) < 4.78 is 26.9. The lowest BCUT2D eigenvalue weighted by Crippen LogP contribution is -2.65. The highest BCUT2D eigenvalue weighted by Crippen LogP contribution is 2.35. The Bertz CT molecular complexity index is 772. The fraction of sp³-hybridized carbons (Fsp3) is 0.375. The molecule has 1 heterocycles. The molecule has 1 saturated heterocycles. The fourth-order valence-electron chi connectivity index (χ4n) is 2.66. The average Bonchev–Trinajstić information content (AvgIpc) is 2.42. The molecule has 0 atom stereocenters. The fourth-order valence-corrected chi connectivity index (χ4v) is 4.44. The molecule has 112 valence electrons. The summed E-state index contributed by atoms with van der Waals surface area (Å²) in [5.74, 6) is 0.0384. The van der Waals surface area contributed by atoms with Gasteiger partial charge in [-0.1, -0.05) is 50.2 Å². The summed E-state index contributed by atoms with van der Waals surface area (Å²) in [5.41, 5.74) is -0.905. The van der Waals surface area contributed by atoms with Gasteiger partial charge in [0.05, 0.1) is 10.5 Å². The molecule has 1 N–H and O–H groups in total. The van der Waals surface area contributed by atoms with Gasteiger partial charge in [0, 0.05) is 18.5 Å². The van der Waals surface area contributed by atoms with E-state index in [9.17, 15) is 13.5 Å². The van der Waals surface area contributed by atoms with Gasteiger partial charge in [-0.3, -0.25) is 0 Å². The van der Waals surface area contributed by atoms with Gasteiger partial charge in [-0.2, -0.15) is 4.31 Å². The van der Waals surface area contributed by atoms with Gasteiger partial charge in [0.1, 0.15) is 0 Å². The molecular weight excluding hydrogens is 286 g/mol. The normalized spacial score (nSPS) is 18.9. The van der Waals surface area contributed by atoms with Crippen molar-refractivity contribution in [2.45, 2.75) is 24.3 Å². The average molecular weight is 305 g/mol. The topological polar surface area (TPSA) is 57.6 Å². The Labute approximate surface area is 125 Å². The minimum absolute atomic E-state index is 0.0384. The van der Waals surface area contributed by atoms with Gasteiger partial charge in [0.2, 0.25) is 10.0 Å². The standard InChI is InChI=1S/C16H19NO3S/c1-12(2)16(18)10-17(11-16)21(19,20)15-9-5-7-13-6-3-4-8-14(13)15/h3-9,12,18H,10-11H2,1-2H3. The van der Waals surface area contributed by atoms with Crippen molar-refractivity contribution < 1.29 is 13.5 Å². The first-order valence-corrected chi connectivity index (χ1v) is 8.49. The van der Waals surface area contributed by atoms with Crippen LogP contribution in [0.3, 0.4) is 0 Å². The van der Waals surface area contributed by atoms with Crippen LogP contribution in [0, 0.1) is 5.92 Å². The molecule has 0 unspecified atom stereocenters. The van der Waals surface area contributed by atoms with E-state index in [4.69, 9.17) is 0 Å². The third-order valence-corrected chi connectivity index (χ3v) is 6.19. The molecule has 3 rings (SSSR count). The molecule has 21 heavy (non-hydrogen) atoms. The molecule has 4 nitrogen and oxygen atoms in total. The summed E-state index contributed by atoms with van der Waals surface area (Å²) in [6.45, 7) is 4.14. The monoisotopic (exact) mass is 305 g/mol. The highest BCUT2D eigenvalue weighted by Gasteiger charge is 2.49. The first-order valence-electron chi connectivity index (χ1n) is 7.05. The van der Waals surface area contributed by atoms with E-state index in [0.29, 0.717) is 4.90 Å². The van der Waals surface area contributed by atoms with E-state index in [-0.39, 0.29) is 19.0 Å². The second kappa shape index (κ2) is 4.80. The molecule has 0 radical (unpaired) electrons. The lowest BCUT2D eigenvalue weighted by Gasteiger charge is -2.47. The first-order chi connectivity index (χ1) is 9.84. The number of sulfonamides is 1. The largest absolute Gasteiger partial charge is 0.387 e. The zero-order valence-corrected chi connectivity index (χ0v) is 13.0. The minimum atomic E-state index is -3.56. The van der Waals surface area contributed by atoms with Gasteiger partial charge in [0.15, 0.2) is 0 Å². The van der Waals surface area contributed by atoms with Crippen LogP contribution in [0.4, 0.5) is 0 Å². The molecule has 1 aliphatic heterocycles. The SMILES string of the molecule is CC(C)C1(O)CN(S(=O)(=O)c2cccc3ccccc23)C1. The van der Waals surface area contributed by atoms with E-state index in [0.717, 1.165) is 10.8 Å². The van der Waals surface area contributed by atoms with Crippen molar-refractivity contribution in [2.24, 2.45) is 5.92 Å². The maximum Gasteiger partial charge on any atom is 0.243 e. The van der Waals surface area contributed by atoms with Gasteiger partial charge in [-0.05, 0) is 17.4 Å². The van der Waals surface area contributed by atoms with Crippen LogP contribution >= 0.6 is 0 Å². The van der Waals surface area contributed by atoms with Crippen LogP contribution < -0.4 is 0 Å². The summed E-state index contributed by atoms with van der Waals surface area (Å²) in [5, 5.41) is 11.9. The van der Waals surface area contributed by atoms with E-state index >= 15 is 0 Å². The maximum atomic E-state index is 12.8. The molecule has 2 aromatic rings. The predicted molar refractivity (Wildman–Crippen MR) is 82.5 cm³/mol. The van der Waals surface area contributed by atoms with Gasteiger partial charge >= 0.3 is 0 Å². The molecule has 1 aliphatic rings. The van der Waals surface area contributed by atoms with Crippen molar-refractivity contribution in [3.8, 4) is 0 Å². The molecule has 0 spiro atoms. The van der Waals surface area contributed by atoms with Crippen LogP contribution in [-0.2, 0) is 10.0 Å². The van der Waals surface area contributed by atoms with Crippen molar-refractivity contribution in [1.29, 1.82) is 0 Å². The number of hydrogen-bond acceptors (Lipinski definition) is 3. The Balaban J connectivity index is 2.00. The third kappa shape index (κ3) is 2.25. The van der Waals surface area contributed by atoms with Crippen molar-refractivity contribution >= 4 is 20.8 Å². The molecular formula is C16H19NO3S. The third-order valence-electron chi connectivity index (χ3n) is 4.34. The molecule has 2 aromatic carbocycles. The number of nitrogens with zero attached hydrogens (tertiary/aromatic N) is 1. The second-order valence-electron chi connectivity index (χ2n) is 6.01. The Morgan fingerprint density at radius 2 is 1.71 bits per heavy atom. The highest BCUT2D eigenvalue weighted by atomic mass is 32.2. The van der Waals surface area contributed by atoms with E-state index < -0.39 is 15.6 Å². The van der Waals surface area contributed by atoms with E-state index in [1.807, 2.05) is 44.2 Å². The summed E-state index contributed by atoms with van der Waals surface area (Å²) in [7, 11) is -3.56. The molecule has 5 heteroatoms. The van der Waals surface area contributed by atoms with Crippen molar-refractivity contribution in [2.75, 3.05) is 13.1 Å². The quantitative estimate of drug-likeness (QED) is 0.946. The highest BCUT2D eigenvalue weighted by molar-refractivity contribution is 7.89. The van der Waals surface area contributed by atoms with Crippen LogP contribution in [0.1, 0.15) is 13.8 Å². The van der Waals surface area contributed by atoms with Crippen molar-refractivity contribution in [1.82, 2.24) is 4.31 Å². The number of β-amino-alcohol motifs (C(OH)–C–C–N with tert-alkyl or cyclic N) is 1. The second-order valence-corrected chi connectivity index (χ2v) is 7.92. The van der Waals surface area contributed by atoms with Crippen LogP contribution in [0.25, 0.3) is 10.8 Å². The van der Waals surface area contributed by atoms with Gasteiger partial charge in [-0.25, -0.2) is 8.42 Å². The Morgan fingerprint density at radius 3 is 2.38 bits per heavy atom. The lowest BCUT2D eigenvalue weighted by atomic mass is 9.85. The van der Waals surface area contributed by atoms with Crippen molar-refractivity contribution in [3.63, 3.8) is 0 Å². The Kier molecular flexibility index (Phi) is 3.31. The molecule has 0 bridgehead atoms. The molecule has 1 fully saturated rings. The molecule has 0 saturated carbocycles. The van der Waals surface area contributed by atoms with E-state index in [2.05, 4.69) is 0 Å². The van der Waals surface area contributed by atoms with Crippen LogP contribution in [0.15, 0.2) is 47.4 Å². The van der Waals surface area contributed by atoms with Gasteiger partial charge in [-0.15, -0.1) is 0 Å². The number of rotatable bonds is 3. The zero-order valence-electron chi connectivity index (χ0n) is 12.2. The van der Waals surface area contributed by atoms with Gasteiger partial charge < -0.3 is 5.11 Å². The minimum Gasteiger partial charge on any atom is -0.387 e. The van der Waals surface area contributed by atoms with E-state index in [1.54, 1.807) is 12.1 Å². The first kappa shape index (κ1) is 14.5. The molecule has 0 aromatic heterocycles. The zero-order chi connectivity index (χ0) is 15.3. The maximum absolute atomic E-state index is 12.8. The predicted octanol–water partition coefficient (Wildman–Crippen LogP) is 2.23.